The summed E-state index contributed by atoms with van der Waals surface area (Å²) in [5, 5.41) is 13.2. The van der Waals surface area contributed by atoms with Crippen molar-refractivity contribution in [2.45, 2.75) is 38.6 Å². The molecule has 5 aromatic rings. The molecular formula is C27H24FN7O2S. The van der Waals surface area contributed by atoms with Gasteiger partial charge in [0.25, 0.3) is 5.91 Å². The molecule has 0 atom stereocenters. The first-order valence-electron chi connectivity index (χ1n) is 12.3. The lowest BCUT2D eigenvalue weighted by molar-refractivity contribution is 0.0908. The number of halogens is 1. The highest BCUT2D eigenvalue weighted by Crippen LogP contribution is 2.39. The van der Waals surface area contributed by atoms with Crippen molar-refractivity contribution < 1.29 is 13.9 Å². The zero-order valence-electron chi connectivity index (χ0n) is 20.8. The fourth-order valence-electron chi connectivity index (χ4n) is 4.65. The summed E-state index contributed by atoms with van der Waals surface area (Å²) in [5.41, 5.74) is 1.80. The summed E-state index contributed by atoms with van der Waals surface area (Å²) >= 11 is 1.66. The van der Waals surface area contributed by atoms with E-state index >= 15 is 0 Å². The molecule has 9 nitrogen and oxygen atoms in total. The molecule has 38 heavy (non-hydrogen) atoms. The molecule has 0 aromatic carbocycles. The van der Waals surface area contributed by atoms with Crippen LogP contribution >= 0.6 is 11.3 Å². The van der Waals surface area contributed by atoms with Crippen LogP contribution in [0.5, 0.6) is 5.75 Å². The van der Waals surface area contributed by atoms with Gasteiger partial charge in [0.05, 0.1) is 30.1 Å². The molecule has 0 spiro atoms. The Labute approximate surface area is 221 Å². The minimum Gasteiger partial charge on any atom is -0.492 e. The van der Waals surface area contributed by atoms with Gasteiger partial charge in [0.15, 0.2) is 5.82 Å². The number of nitrogens with one attached hydrogen (secondary N) is 1. The largest absolute Gasteiger partial charge is 0.492 e. The van der Waals surface area contributed by atoms with E-state index < -0.39 is 5.82 Å². The van der Waals surface area contributed by atoms with E-state index in [1.807, 2.05) is 19.1 Å². The minimum absolute atomic E-state index is 0.0292. The summed E-state index contributed by atoms with van der Waals surface area (Å²) in [5.74, 6) is 1.58. The number of fused-ring (bicyclic) bond motifs is 1. The SMILES string of the molecule is CCOc1ccc(-c2nnc(C3CC(NC(=O)c4ccnc5cc(F)cnc45)C3)n2-c2ccc(C)s2)nc1. The average Bonchev–Trinajstić information content (AvgIpc) is 3.52. The Balaban J connectivity index is 1.23. The maximum atomic E-state index is 13.5. The number of hydrogen-bond donors (Lipinski definition) is 1. The highest BCUT2D eigenvalue weighted by atomic mass is 32.1. The van der Waals surface area contributed by atoms with Crippen molar-refractivity contribution in [2.24, 2.45) is 0 Å². The van der Waals surface area contributed by atoms with Crippen molar-refractivity contribution in [1.82, 2.24) is 35.0 Å². The zero-order valence-corrected chi connectivity index (χ0v) is 21.6. The lowest BCUT2D eigenvalue weighted by Crippen LogP contribution is -2.44. The summed E-state index contributed by atoms with van der Waals surface area (Å²) in [6.45, 7) is 4.57. The summed E-state index contributed by atoms with van der Waals surface area (Å²) in [6.07, 6.45) is 5.71. The molecular weight excluding hydrogens is 505 g/mol. The number of hydrogen-bond acceptors (Lipinski definition) is 8. The third kappa shape index (κ3) is 4.49. The number of rotatable bonds is 7. The molecule has 1 aliphatic rings. The van der Waals surface area contributed by atoms with Crippen LogP contribution in [0.25, 0.3) is 27.6 Å². The van der Waals surface area contributed by atoms with E-state index in [0.717, 1.165) is 29.9 Å². The fraction of sp³-hybridized carbons (Fsp3) is 0.259. The van der Waals surface area contributed by atoms with Crippen LogP contribution in [0.4, 0.5) is 4.39 Å². The topological polar surface area (TPSA) is 108 Å². The van der Waals surface area contributed by atoms with E-state index in [1.54, 1.807) is 23.6 Å². The van der Waals surface area contributed by atoms with Crippen LogP contribution in [0.15, 0.2) is 55.0 Å². The molecule has 0 aliphatic heterocycles. The summed E-state index contributed by atoms with van der Waals surface area (Å²) < 4.78 is 21.1. The number of carbonyl (C=O) groups excluding carboxylic acids is 1. The van der Waals surface area contributed by atoms with Gasteiger partial charge in [0.2, 0.25) is 0 Å². The van der Waals surface area contributed by atoms with Crippen LogP contribution in [-0.4, -0.2) is 48.3 Å². The van der Waals surface area contributed by atoms with E-state index in [2.05, 4.69) is 54.1 Å². The van der Waals surface area contributed by atoms with E-state index in [0.29, 0.717) is 40.5 Å². The van der Waals surface area contributed by atoms with Gasteiger partial charge in [-0.2, -0.15) is 0 Å². The lowest BCUT2D eigenvalue weighted by atomic mass is 9.79. The predicted molar refractivity (Wildman–Crippen MR) is 141 cm³/mol. The van der Waals surface area contributed by atoms with Gasteiger partial charge in [-0.3, -0.25) is 19.3 Å². The van der Waals surface area contributed by atoms with Crippen molar-refractivity contribution in [2.75, 3.05) is 6.61 Å². The Kier molecular flexibility index (Phi) is 6.28. The first-order chi connectivity index (χ1) is 18.5. The van der Waals surface area contributed by atoms with E-state index in [9.17, 15) is 9.18 Å². The molecule has 1 amide bonds. The van der Waals surface area contributed by atoms with Gasteiger partial charge in [-0.1, -0.05) is 0 Å². The molecule has 6 rings (SSSR count). The molecule has 1 aliphatic carbocycles. The Morgan fingerprint density at radius 3 is 2.74 bits per heavy atom. The van der Waals surface area contributed by atoms with Crippen molar-refractivity contribution in [3.8, 4) is 22.3 Å². The van der Waals surface area contributed by atoms with Crippen LogP contribution in [0.1, 0.15) is 46.7 Å². The Morgan fingerprint density at radius 2 is 2.00 bits per heavy atom. The van der Waals surface area contributed by atoms with Crippen LogP contribution in [0.3, 0.4) is 0 Å². The molecule has 192 valence electrons. The van der Waals surface area contributed by atoms with Crippen molar-refractivity contribution in [3.63, 3.8) is 0 Å². The second-order valence-electron chi connectivity index (χ2n) is 9.13. The van der Waals surface area contributed by atoms with Gasteiger partial charge in [-0.05, 0) is 57.0 Å². The molecule has 0 radical (unpaired) electrons. The smallest absolute Gasteiger partial charge is 0.253 e. The molecule has 1 N–H and O–H groups in total. The number of aryl methyl sites for hydroxylation is 1. The van der Waals surface area contributed by atoms with Gasteiger partial charge in [0, 0.05) is 29.1 Å². The van der Waals surface area contributed by atoms with Gasteiger partial charge in [-0.25, -0.2) is 9.37 Å². The van der Waals surface area contributed by atoms with Gasteiger partial charge in [0.1, 0.15) is 33.6 Å². The average molecular weight is 530 g/mol. The normalized spacial score (nSPS) is 16.8. The van der Waals surface area contributed by atoms with E-state index in [4.69, 9.17) is 4.74 Å². The summed E-state index contributed by atoms with van der Waals surface area (Å²) in [7, 11) is 0. The minimum atomic E-state index is -0.491. The van der Waals surface area contributed by atoms with Gasteiger partial charge < -0.3 is 10.1 Å². The Bertz CT molecular complexity index is 1630. The molecule has 11 heteroatoms. The number of pyridine rings is 3. The molecule has 0 saturated heterocycles. The second-order valence-corrected chi connectivity index (χ2v) is 10.4. The standard InChI is InChI=1S/C27H24FN7O2S/c1-3-37-19-5-6-21(30-14-19)26-34-33-25(35(26)23-7-4-15(2)38-23)16-10-18(11-16)32-27(36)20-8-9-29-22-12-17(28)13-31-24(20)22/h4-9,12-14,16,18H,3,10-11H2,1-2H3,(H,32,36). The highest BCUT2D eigenvalue weighted by molar-refractivity contribution is 7.14. The summed E-state index contributed by atoms with van der Waals surface area (Å²) in [6, 6.07) is 10.7. The van der Waals surface area contributed by atoms with Crippen LogP contribution in [0, 0.1) is 12.7 Å². The number of carbonyl (C=O) groups is 1. The molecule has 1 fully saturated rings. The second kappa shape index (κ2) is 9.90. The first kappa shape index (κ1) is 24.1. The maximum absolute atomic E-state index is 13.5. The van der Waals surface area contributed by atoms with Crippen LogP contribution in [0.2, 0.25) is 0 Å². The van der Waals surface area contributed by atoms with E-state index in [1.165, 1.54) is 17.1 Å². The fourth-order valence-corrected chi connectivity index (χ4v) is 5.52. The number of ether oxygens (including phenoxy) is 1. The number of aromatic nitrogens is 6. The van der Waals surface area contributed by atoms with Crippen LogP contribution in [-0.2, 0) is 0 Å². The highest BCUT2D eigenvalue weighted by Gasteiger charge is 2.36. The van der Waals surface area contributed by atoms with Crippen LogP contribution < -0.4 is 10.1 Å². The third-order valence-corrected chi connectivity index (χ3v) is 7.52. The number of nitrogens with zero attached hydrogens (tertiary/aromatic N) is 6. The van der Waals surface area contributed by atoms with Gasteiger partial charge in [-0.15, -0.1) is 21.5 Å². The van der Waals surface area contributed by atoms with Crippen molar-refractivity contribution >= 4 is 28.3 Å². The number of thiophene rings is 1. The number of amides is 1. The molecule has 5 aromatic heterocycles. The lowest BCUT2D eigenvalue weighted by Gasteiger charge is -2.35. The predicted octanol–water partition coefficient (Wildman–Crippen LogP) is 4.86. The molecule has 0 bridgehead atoms. The van der Waals surface area contributed by atoms with Crippen molar-refractivity contribution in [3.05, 3.63) is 77.1 Å². The Morgan fingerprint density at radius 1 is 1.13 bits per heavy atom. The summed E-state index contributed by atoms with van der Waals surface area (Å²) in [4.78, 5) is 27.0. The maximum Gasteiger partial charge on any atom is 0.253 e. The third-order valence-electron chi connectivity index (χ3n) is 6.54. The van der Waals surface area contributed by atoms with Crippen molar-refractivity contribution in [1.29, 1.82) is 0 Å². The monoisotopic (exact) mass is 529 g/mol. The molecule has 0 unspecified atom stereocenters. The molecule has 5 heterocycles. The quantitative estimate of drug-likeness (QED) is 0.321. The van der Waals surface area contributed by atoms with E-state index in [-0.39, 0.29) is 17.9 Å². The zero-order chi connectivity index (χ0) is 26.2. The Hall–Kier alpha value is -4.25. The first-order valence-corrected chi connectivity index (χ1v) is 13.1. The van der Waals surface area contributed by atoms with Gasteiger partial charge >= 0.3 is 0 Å². The molecule has 1 saturated carbocycles.